The van der Waals surface area contributed by atoms with Crippen LogP contribution < -0.4 is 15.0 Å². The van der Waals surface area contributed by atoms with Crippen LogP contribution in [0.2, 0.25) is 0 Å². The maximum absolute atomic E-state index is 5.64. The van der Waals surface area contributed by atoms with E-state index in [4.69, 9.17) is 9.47 Å². The molecular weight excluding hydrogens is 270 g/mol. The average molecular weight is 295 g/mol. The third-order valence-corrected chi connectivity index (χ3v) is 2.98. The second kappa shape index (κ2) is 7.97. The molecule has 0 amide bonds. The minimum atomic E-state index is 0.0340. The molecule has 1 aromatic heterocycles. The summed E-state index contributed by atoms with van der Waals surface area (Å²) in [6, 6.07) is 0.374. The lowest BCUT2D eigenvalue weighted by atomic mass is 10.4. The predicted molar refractivity (Wildman–Crippen MR) is 82.0 cm³/mol. The molecule has 1 saturated heterocycles. The number of aromatic nitrogens is 3. The molecule has 2 rings (SSSR count). The summed E-state index contributed by atoms with van der Waals surface area (Å²) in [4.78, 5) is 15.4. The second-order valence-electron chi connectivity index (χ2n) is 5.29. The first-order chi connectivity index (χ1) is 10.2. The van der Waals surface area contributed by atoms with Gasteiger partial charge in [0.2, 0.25) is 11.9 Å². The van der Waals surface area contributed by atoms with E-state index in [9.17, 15) is 0 Å². The molecule has 21 heavy (non-hydrogen) atoms. The number of hydrogen-bond acceptors (Lipinski definition) is 7. The monoisotopic (exact) mass is 295 g/mol. The van der Waals surface area contributed by atoms with E-state index in [2.05, 4.69) is 32.1 Å². The maximum atomic E-state index is 5.64. The van der Waals surface area contributed by atoms with E-state index in [0.717, 1.165) is 39.1 Å². The van der Waals surface area contributed by atoms with Gasteiger partial charge in [0.25, 0.3) is 0 Å². The van der Waals surface area contributed by atoms with Crippen molar-refractivity contribution < 1.29 is 9.47 Å². The van der Waals surface area contributed by atoms with E-state index >= 15 is 0 Å². The summed E-state index contributed by atoms with van der Waals surface area (Å²) in [7, 11) is 0. The lowest BCUT2D eigenvalue weighted by Gasteiger charge is -2.20. The van der Waals surface area contributed by atoms with Gasteiger partial charge < -0.3 is 19.7 Å². The van der Waals surface area contributed by atoms with Crippen molar-refractivity contribution in [1.82, 2.24) is 15.0 Å². The third-order valence-electron chi connectivity index (χ3n) is 2.98. The number of ether oxygens (including phenoxy) is 2. The lowest BCUT2D eigenvalue weighted by molar-refractivity contribution is 0.152. The van der Waals surface area contributed by atoms with E-state index in [1.165, 1.54) is 0 Å². The Morgan fingerprint density at radius 2 is 2.10 bits per heavy atom. The third kappa shape index (κ3) is 5.00. The molecule has 1 aliphatic rings. The van der Waals surface area contributed by atoms with Crippen LogP contribution >= 0.6 is 0 Å². The minimum absolute atomic E-state index is 0.0340. The van der Waals surface area contributed by atoms with Gasteiger partial charge in [-0.15, -0.1) is 0 Å². The van der Waals surface area contributed by atoms with E-state index in [1.807, 2.05) is 13.8 Å². The second-order valence-corrected chi connectivity index (χ2v) is 5.29. The Balaban J connectivity index is 2.20. The van der Waals surface area contributed by atoms with Crippen LogP contribution in [-0.4, -0.2) is 53.9 Å². The minimum Gasteiger partial charge on any atom is -0.461 e. The Morgan fingerprint density at radius 3 is 2.86 bits per heavy atom. The van der Waals surface area contributed by atoms with Crippen LogP contribution in [0, 0.1) is 0 Å². The quantitative estimate of drug-likeness (QED) is 0.856. The van der Waals surface area contributed by atoms with Crippen LogP contribution in [0.4, 0.5) is 11.9 Å². The molecule has 0 aromatic carbocycles. The molecule has 7 heteroatoms. The Kier molecular flexibility index (Phi) is 5.98. The average Bonchev–Trinajstić information content (AvgIpc) is 2.73. The molecule has 2 heterocycles. The topological polar surface area (TPSA) is 72.4 Å². The standard InChI is InChI=1S/C14H25N5O2/c1-4-6-15-12-16-13(18-14(17-12)21-11(2)3)19-7-5-9-20-10-8-19/h11H,4-10H2,1-3H3,(H,15,16,17,18). The highest BCUT2D eigenvalue weighted by atomic mass is 16.5. The molecule has 1 fully saturated rings. The van der Waals surface area contributed by atoms with Gasteiger partial charge in [-0.2, -0.15) is 15.0 Å². The molecule has 1 aromatic rings. The van der Waals surface area contributed by atoms with Crippen molar-refractivity contribution in [3.63, 3.8) is 0 Å². The molecule has 118 valence electrons. The summed E-state index contributed by atoms with van der Waals surface area (Å²) >= 11 is 0. The van der Waals surface area contributed by atoms with E-state index in [-0.39, 0.29) is 6.10 Å². The SMILES string of the molecule is CCCNc1nc(OC(C)C)nc(N2CCCOCC2)n1. The maximum Gasteiger partial charge on any atom is 0.323 e. The van der Waals surface area contributed by atoms with Crippen molar-refractivity contribution in [1.29, 1.82) is 0 Å². The summed E-state index contributed by atoms with van der Waals surface area (Å²) in [6.07, 6.45) is 2.02. The van der Waals surface area contributed by atoms with Gasteiger partial charge >= 0.3 is 6.01 Å². The molecular formula is C14H25N5O2. The molecule has 0 spiro atoms. The summed E-state index contributed by atoms with van der Waals surface area (Å²) in [5.74, 6) is 1.23. The zero-order valence-corrected chi connectivity index (χ0v) is 13.1. The van der Waals surface area contributed by atoms with Gasteiger partial charge in [0.05, 0.1) is 12.7 Å². The highest BCUT2D eigenvalue weighted by Gasteiger charge is 2.16. The van der Waals surface area contributed by atoms with Gasteiger partial charge in [0.15, 0.2) is 0 Å². The van der Waals surface area contributed by atoms with Gasteiger partial charge in [-0.25, -0.2) is 0 Å². The zero-order chi connectivity index (χ0) is 15.1. The Bertz CT molecular complexity index is 433. The van der Waals surface area contributed by atoms with E-state index in [0.29, 0.717) is 24.5 Å². The molecule has 0 radical (unpaired) electrons. The molecule has 0 bridgehead atoms. The first kappa shape index (κ1) is 15.8. The van der Waals surface area contributed by atoms with Gasteiger partial charge in [-0.3, -0.25) is 0 Å². The number of hydrogen-bond donors (Lipinski definition) is 1. The fraction of sp³-hybridized carbons (Fsp3) is 0.786. The Labute approximate surface area is 126 Å². The first-order valence-electron chi connectivity index (χ1n) is 7.68. The van der Waals surface area contributed by atoms with Crippen LogP contribution in [0.25, 0.3) is 0 Å². The van der Waals surface area contributed by atoms with Crippen molar-refractivity contribution in [2.24, 2.45) is 0 Å². The highest BCUT2D eigenvalue weighted by molar-refractivity contribution is 5.38. The van der Waals surface area contributed by atoms with Crippen molar-refractivity contribution in [3.8, 4) is 6.01 Å². The summed E-state index contributed by atoms with van der Waals surface area (Å²) in [5, 5.41) is 3.20. The van der Waals surface area contributed by atoms with Crippen LogP contribution in [-0.2, 0) is 4.74 Å². The van der Waals surface area contributed by atoms with Gasteiger partial charge in [0, 0.05) is 26.2 Å². The summed E-state index contributed by atoms with van der Waals surface area (Å²) < 4.78 is 11.1. The molecule has 1 N–H and O–H groups in total. The highest BCUT2D eigenvalue weighted by Crippen LogP contribution is 2.17. The van der Waals surface area contributed by atoms with Crippen LogP contribution in [0.3, 0.4) is 0 Å². The fourth-order valence-electron chi connectivity index (χ4n) is 2.01. The lowest BCUT2D eigenvalue weighted by Crippen LogP contribution is -2.28. The first-order valence-corrected chi connectivity index (χ1v) is 7.68. The van der Waals surface area contributed by atoms with E-state index < -0.39 is 0 Å². The molecule has 0 aliphatic carbocycles. The van der Waals surface area contributed by atoms with Crippen LogP contribution in [0.5, 0.6) is 6.01 Å². The van der Waals surface area contributed by atoms with Crippen molar-refractivity contribution in [2.45, 2.75) is 39.7 Å². The summed E-state index contributed by atoms with van der Waals surface area (Å²) in [6.45, 7) is 10.0. The molecule has 0 atom stereocenters. The number of anilines is 2. The molecule has 0 saturated carbocycles. The normalized spacial score (nSPS) is 15.9. The van der Waals surface area contributed by atoms with Crippen LogP contribution in [0.1, 0.15) is 33.6 Å². The van der Waals surface area contributed by atoms with Gasteiger partial charge in [0.1, 0.15) is 0 Å². The predicted octanol–water partition coefficient (Wildman–Crippen LogP) is 1.71. The fourth-order valence-corrected chi connectivity index (χ4v) is 2.01. The smallest absolute Gasteiger partial charge is 0.323 e. The number of nitrogens with one attached hydrogen (secondary N) is 1. The summed E-state index contributed by atoms with van der Waals surface area (Å²) in [5.41, 5.74) is 0. The van der Waals surface area contributed by atoms with Crippen molar-refractivity contribution >= 4 is 11.9 Å². The Morgan fingerprint density at radius 1 is 1.24 bits per heavy atom. The number of nitrogens with zero attached hydrogens (tertiary/aromatic N) is 4. The van der Waals surface area contributed by atoms with Gasteiger partial charge in [-0.1, -0.05) is 6.92 Å². The Hall–Kier alpha value is -1.63. The molecule has 1 aliphatic heterocycles. The van der Waals surface area contributed by atoms with Crippen LogP contribution in [0.15, 0.2) is 0 Å². The zero-order valence-electron chi connectivity index (χ0n) is 13.1. The number of rotatable bonds is 6. The van der Waals surface area contributed by atoms with Crippen molar-refractivity contribution in [2.75, 3.05) is 43.1 Å². The van der Waals surface area contributed by atoms with Gasteiger partial charge in [-0.05, 0) is 26.7 Å². The molecule has 7 nitrogen and oxygen atoms in total. The largest absolute Gasteiger partial charge is 0.461 e. The van der Waals surface area contributed by atoms with Crippen molar-refractivity contribution in [3.05, 3.63) is 0 Å². The molecule has 0 unspecified atom stereocenters. The van der Waals surface area contributed by atoms with E-state index in [1.54, 1.807) is 0 Å².